The van der Waals surface area contributed by atoms with Gasteiger partial charge in [0, 0.05) is 43.0 Å². The smallest absolute Gasteiger partial charge is 0.460 e. The Hall–Kier alpha value is -0.700. The molecule has 0 aromatic carbocycles. The Morgan fingerprint density at radius 1 is 0.833 bits per heavy atom. The molecule has 15 heteroatoms. The van der Waals surface area contributed by atoms with E-state index in [0.717, 1.165) is 30.6 Å². The van der Waals surface area contributed by atoms with Crippen molar-refractivity contribution in [3.05, 3.63) is 0 Å². The minimum absolute atomic E-state index is 0.359. The Morgan fingerprint density at radius 3 is 1.64 bits per heavy atom. The first-order chi connectivity index (χ1) is 16.2. The van der Waals surface area contributed by atoms with Gasteiger partial charge >= 0.3 is 23.3 Å². The minimum atomic E-state index is -7.43. The van der Waals surface area contributed by atoms with E-state index in [9.17, 15) is 57.3 Å². The number of ketones is 1. The molecule has 36 heavy (non-hydrogen) atoms. The van der Waals surface area contributed by atoms with E-state index in [1.165, 1.54) is 51.4 Å². The first-order valence-corrected chi connectivity index (χ1v) is 14.6. The van der Waals surface area contributed by atoms with E-state index in [2.05, 4.69) is 6.26 Å². The van der Waals surface area contributed by atoms with Crippen LogP contribution in [-0.4, -0.2) is 58.3 Å². The van der Waals surface area contributed by atoms with Crippen LogP contribution in [0.3, 0.4) is 0 Å². The molecule has 5 fully saturated rings. The Morgan fingerprint density at radius 2 is 1.28 bits per heavy atom. The molecule has 0 radical (unpaired) electrons. The number of hydrogen-bond donors (Lipinski definition) is 0. The van der Waals surface area contributed by atoms with Crippen LogP contribution in [0.2, 0.25) is 0 Å². The SMILES string of the molecule is C[S+](C1CCCCC1=O)C12CC3CC(CC(C3)C1)C2.O=S(=O)([O-])C(F)(F)C(F)(F)C(F)(F)C(F)(F)F. The molecule has 2 atom stereocenters. The van der Waals surface area contributed by atoms with Gasteiger partial charge in [0.15, 0.2) is 21.2 Å². The van der Waals surface area contributed by atoms with Crippen molar-refractivity contribution >= 4 is 26.8 Å². The van der Waals surface area contributed by atoms with E-state index >= 15 is 0 Å². The largest absolute Gasteiger partial charge is 0.743 e. The minimum Gasteiger partial charge on any atom is -0.743 e. The molecule has 5 rings (SSSR count). The van der Waals surface area contributed by atoms with Gasteiger partial charge in [-0.25, -0.2) is 8.42 Å². The number of rotatable bonds is 5. The van der Waals surface area contributed by atoms with E-state index in [-0.39, 0.29) is 0 Å². The first kappa shape index (κ1) is 29.9. The van der Waals surface area contributed by atoms with Crippen molar-refractivity contribution in [3.63, 3.8) is 0 Å². The van der Waals surface area contributed by atoms with Gasteiger partial charge in [-0.05, 0) is 49.9 Å². The molecule has 0 saturated heterocycles. The Labute approximate surface area is 205 Å². The zero-order valence-corrected chi connectivity index (χ0v) is 20.9. The molecule has 5 saturated carbocycles. The molecule has 5 aliphatic carbocycles. The van der Waals surface area contributed by atoms with Crippen molar-refractivity contribution in [2.45, 2.75) is 97.5 Å². The summed E-state index contributed by atoms with van der Waals surface area (Å²) in [6.45, 7) is 0. The average molecular weight is 579 g/mol. The van der Waals surface area contributed by atoms with Crippen LogP contribution in [0.4, 0.5) is 39.5 Å². The highest BCUT2D eigenvalue weighted by Crippen LogP contribution is 2.60. The number of carbonyl (C=O) groups excluding carboxylic acids is 1. The maximum atomic E-state index is 12.3. The van der Waals surface area contributed by atoms with Crippen molar-refractivity contribution in [2.75, 3.05) is 6.26 Å². The summed E-state index contributed by atoms with van der Waals surface area (Å²) >= 11 is 0. The summed E-state index contributed by atoms with van der Waals surface area (Å²) in [5.41, 5.74) is 0. The van der Waals surface area contributed by atoms with Crippen molar-refractivity contribution in [1.29, 1.82) is 0 Å². The maximum Gasteiger partial charge on any atom is 0.460 e. The van der Waals surface area contributed by atoms with E-state index in [4.69, 9.17) is 0 Å². The third kappa shape index (κ3) is 5.01. The quantitative estimate of drug-likeness (QED) is 0.239. The summed E-state index contributed by atoms with van der Waals surface area (Å²) in [6, 6.07) is 0. The van der Waals surface area contributed by atoms with Crippen molar-refractivity contribution in [1.82, 2.24) is 0 Å². The highest BCUT2D eigenvalue weighted by molar-refractivity contribution is 7.98. The van der Waals surface area contributed by atoms with Crippen LogP contribution in [0, 0.1) is 17.8 Å². The van der Waals surface area contributed by atoms with Gasteiger partial charge in [-0.2, -0.15) is 39.5 Å². The summed E-state index contributed by atoms with van der Waals surface area (Å²) in [5.74, 6) is -11.1. The maximum absolute atomic E-state index is 12.3. The summed E-state index contributed by atoms with van der Waals surface area (Å²) in [5, 5.41) is -6.66. The van der Waals surface area contributed by atoms with Crippen LogP contribution in [0.15, 0.2) is 0 Å². The molecule has 0 aliphatic heterocycles. The highest BCUT2D eigenvalue weighted by Gasteiger charge is 2.83. The Kier molecular flexibility index (Phi) is 7.87. The standard InChI is InChI=1S/C17H27OS.C4HF9O3S/c1-19(16-5-3-2-4-15(16)18)17-9-12-6-13(10-17)8-14(7-12)11-17;5-1(6,3(9,10)11)2(7,8)4(12,13)17(14,15)16/h12-14,16H,2-11H2,1H3;(H,14,15,16)/q+1;/p-1. The van der Waals surface area contributed by atoms with Crippen molar-refractivity contribution in [3.8, 4) is 0 Å². The van der Waals surface area contributed by atoms with Gasteiger partial charge in [0.05, 0.1) is 6.26 Å². The van der Waals surface area contributed by atoms with Crippen molar-refractivity contribution in [2.24, 2.45) is 17.8 Å². The second-order valence-electron chi connectivity index (χ2n) is 10.5. The third-order valence-electron chi connectivity index (χ3n) is 8.02. The topological polar surface area (TPSA) is 74.3 Å². The lowest BCUT2D eigenvalue weighted by Gasteiger charge is -2.55. The number of hydrogen-bond acceptors (Lipinski definition) is 4. The van der Waals surface area contributed by atoms with Gasteiger partial charge < -0.3 is 4.55 Å². The zero-order valence-electron chi connectivity index (χ0n) is 19.2. The van der Waals surface area contributed by atoms with Gasteiger partial charge in [0.25, 0.3) is 0 Å². The van der Waals surface area contributed by atoms with Crippen LogP contribution in [0.1, 0.15) is 64.2 Å². The fourth-order valence-electron chi connectivity index (χ4n) is 6.57. The molecule has 0 amide bonds. The lowest BCUT2D eigenvalue weighted by molar-refractivity contribution is -0.382. The van der Waals surface area contributed by atoms with Gasteiger partial charge in [-0.1, -0.05) is 0 Å². The van der Waals surface area contributed by atoms with Gasteiger partial charge in [0.2, 0.25) is 0 Å². The van der Waals surface area contributed by atoms with Crippen LogP contribution < -0.4 is 0 Å². The number of alkyl halides is 9. The molecule has 0 aromatic rings. The summed E-state index contributed by atoms with van der Waals surface area (Å²) in [4.78, 5) is 12.3. The van der Waals surface area contributed by atoms with E-state index in [1.54, 1.807) is 0 Å². The molecular formula is C21H27F9O4S2. The predicted octanol–water partition coefficient (Wildman–Crippen LogP) is 5.67. The number of halogens is 9. The summed E-state index contributed by atoms with van der Waals surface area (Å²) in [6.07, 6.45) is 8.86. The molecule has 0 heterocycles. The average Bonchev–Trinajstić information content (AvgIpc) is 2.71. The monoisotopic (exact) mass is 578 g/mol. The van der Waals surface area contributed by atoms with Gasteiger partial charge in [-0.3, -0.25) is 4.79 Å². The molecule has 0 spiro atoms. The Balaban J connectivity index is 0.000000203. The lowest BCUT2D eigenvalue weighted by atomic mass is 9.56. The molecule has 5 aliphatic rings. The third-order valence-corrected chi connectivity index (χ3v) is 12.1. The van der Waals surface area contributed by atoms with E-state index < -0.39 is 33.4 Å². The van der Waals surface area contributed by atoms with Crippen LogP contribution >= 0.6 is 0 Å². The second kappa shape index (κ2) is 9.49. The fourth-order valence-corrected chi connectivity index (χ4v) is 10.1. The number of Topliss-reactive ketones (excluding diaryl/α,β-unsaturated/α-hetero) is 1. The lowest BCUT2D eigenvalue weighted by Crippen LogP contribution is -2.63. The molecule has 0 N–H and O–H groups in total. The highest BCUT2D eigenvalue weighted by atomic mass is 32.2. The predicted molar refractivity (Wildman–Crippen MR) is 112 cm³/mol. The zero-order chi connectivity index (χ0) is 27.5. The van der Waals surface area contributed by atoms with E-state index in [0.29, 0.717) is 26.7 Å². The van der Waals surface area contributed by atoms with Gasteiger partial charge in [-0.15, -0.1) is 0 Å². The van der Waals surface area contributed by atoms with Gasteiger partial charge in [0.1, 0.15) is 4.75 Å². The number of carbonyl (C=O) groups is 1. The molecule has 4 bridgehead atoms. The second-order valence-corrected chi connectivity index (χ2v) is 14.4. The first-order valence-electron chi connectivity index (χ1n) is 11.5. The van der Waals surface area contributed by atoms with Crippen LogP contribution in [0.25, 0.3) is 0 Å². The summed E-state index contributed by atoms with van der Waals surface area (Å²) < 4.78 is 136. The molecular weight excluding hydrogens is 551 g/mol. The van der Waals surface area contributed by atoms with Crippen LogP contribution in [0.5, 0.6) is 0 Å². The van der Waals surface area contributed by atoms with Crippen LogP contribution in [-0.2, 0) is 25.8 Å². The normalized spacial score (nSPS) is 34.2. The molecule has 0 aromatic heterocycles. The van der Waals surface area contributed by atoms with E-state index in [1.807, 2.05) is 0 Å². The molecule has 210 valence electrons. The fraction of sp³-hybridized carbons (Fsp3) is 0.952. The van der Waals surface area contributed by atoms with Crippen molar-refractivity contribution < 1.29 is 57.3 Å². The molecule has 2 unspecified atom stereocenters. The summed E-state index contributed by atoms with van der Waals surface area (Å²) in [7, 11) is -7.06. The Bertz CT molecular complexity index is 914. The molecule has 4 nitrogen and oxygen atoms in total.